The van der Waals surface area contributed by atoms with Gasteiger partial charge >= 0.3 is 6.18 Å². The molecule has 0 bridgehead atoms. The summed E-state index contributed by atoms with van der Waals surface area (Å²) < 4.78 is 43.3. The van der Waals surface area contributed by atoms with Crippen LogP contribution in [-0.2, 0) is 12.7 Å². The van der Waals surface area contributed by atoms with Gasteiger partial charge in [0.15, 0.2) is 5.69 Å². The summed E-state index contributed by atoms with van der Waals surface area (Å²) in [6, 6.07) is 7.25. The van der Waals surface area contributed by atoms with Crippen LogP contribution in [0.15, 0.2) is 36.5 Å². The number of hydrogen-bond acceptors (Lipinski definition) is 4. The van der Waals surface area contributed by atoms with Gasteiger partial charge < -0.3 is 10.1 Å². The van der Waals surface area contributed by atoms with Crippen LogP contribution in [0, 0.1) is 0 Å². The summed E-state index contributed by atoms with van der Waals surface area (Å²) in [4.78, 5) is 19.2. The van der Waals surface area contributed by atoms with Crippen LogP contribution < -0.4 is 10.1 Å². The summed E-state index contributed by atoms with van der Waals surface area (Å²) in [7, 11) is 1.44. The highest BCUT2D eigenvalue weighted by molar-refractivity contribution is 5.95. The van der Waals surface area contributed by atoms with E-state index in [0.29, 0.717) is 11.6 Å². The second-order valence-electron chi connectivity index (χ2n) is 4.25. The fraction of sp³-hybridized carbons (Fsp3) is 0.214. The number of rotatable bonds is 4. The molecular weight excluding hydrogens is 299 g/mol. The molecule has 0 aliphatic rings. The van der Waals surface area contributed by atoms with Gasteiger partial charge in [-0.15, -0.1) is 0 Å². The Morgan fingerprint density at radius 3 is 2.73 bits per heavy atom. The van der Waals surface area contributed by atoms with Crippen molar-refractivity contribution in [2.24, 2.45) is 0 Å². The van der Waals surface area contributed by atoms with Crippen molar-refractivity contribution < 1.29 is 22.7 Å². The number of halogens is 3. The minimum absolute atomic E-state index is 0.0256. The summed E-state index contributed by atoms with van der Waals surface area (Å²) >= 11 is 0. The van der Waals surface area contributed by atoms with Crippen LogP contribution in [0.1, 0.15) is 21.7 Å². The normalized spacial score (nSPS) is 11.1. The molecule has 0 saturated heterocycles. The standard InChI is InChI=1S/C14H12F3N3O2/c1-22-11-6-2-4-9(20-11)8-19-13(21)10-5-3-7-18-12(10)14(15,16)17/h2-7H,8H2,1H3,(H,19,21). The Balaban J connectivity index is 2.13. The number of nitrogens with one attached hydrogen (secondary N) is 1. The maximum atomic E-state index is 12.8. The van der Waals surface area contributed by atoms with Crippen molar-refractivity contribution in [1.82, 2.24) is 15.3 Å². The highest BCUT2D eigenvalue weighted by Gasteiger charge is 2.36. The number of aromatic nitrogens is 2. The van der Waals surface area contributed by atoms with Crippen molar-refractivity contribution in [2.75, 3.05) is 7.11 Å². The van der Waals surface area contributed by atoms with E-state index in [-0.39, 0.29) is 6.54 Å². The van der Waals surface area contributed by atoms with E-state index in [2.05, 4.69) is 15.3 Å². The summed E-state index contributed by atoms with van der Waals surface area (Å²) in [5.74, 6) is -0.519. The van der Waals surface area contributed by atoms with Gasteiger partial charge in [0.25, 0.3) is 5.91 Å². The number of hydrogen-bond donors (Lipinski definition) is 1. The lowest BCUT2D eigenvalue weighted by Crippen LogP contribution is -2.27. The number of carbonyl (C=O) groups is 1. The Morgan fingerprint density at radius 2 is 2.05 bits per heavy atom. The zero-order valence-corrected chi connectivity index (χ0v) is 11.5. The molecular formula is C14H12F3N3O2. The molecule has 2 aromatic rings. The van der Waals surface area contributed by atoms with E-state index in [1.165, 1.54) is 13.2 Å². The molecule has 0 unspecified atom stereocenters. The second-order valence-corrected chi connectivity index (χ2v) is 4.25. The molecule has 8 heteroatoms. The molecule has 0 aliphatic carbocycles. The fourth-order valence-corrected chi connectivity index (χ4v) is 1.75. The molecule has 0 aromatic carbocycles. The number of pyridine rings is 2. The molecule has 22 heavy (non-hydrogen) atoms. The van der Waals surface area contributed by atoms with E-state index in [0.717, 1.165) is 12.3 Å². The van der Waals surface area contributed by atoms with Crippen LogP contribution in [0.5, 0.6) is 5.88 Å². The van der Waals surface area contributed by atoms with E-state index >= 15 is 0 Å². The zero-order valence-electron chi connectivity index (χ0n) is 11.5. The van der Waals surface area contributed by atoms with Gasteiger partial charge in [-0.3, -0.25) is 9.78 Å². The Morgan fingerprint density at radius 1 is 1.27 bits per heavy atom. The molecule has 0 atom stereocenters. The Kier molecular flexibility index (Phi) is 4.59. The van der Waals surface area contributed by atoms with E-state index < -0.39 is 23.3 Å². The van der Waals surface area contributed by atoms with Crippen molar-refractivity contribution in [2.45, 2.75) is 12.7 Å². The van der Waals surface area contributed by atoms with Crippen LogP contribution in [0.4, 0.5) is 13.2 Å². The van der Waals surface area contributed by atoms with Gasteiger partial charge in [0.1, 0.15) is 0 Å². The first kappa shape index (κ1) is 15.7. The third kappa shape index (κ3) is 3.72. The topological polar surface area (TPSA) is 64.1 Å². The highest BCUT2D eigenvalue weighted by atomic mass is 19.4. The minimum Gasteiger partial charge on any atom is -0.481 e. The van der Waals surface area contributed by atoms with Gasteiger partial charge in [-0.2, -0.15) is 13.2 Å². The average Bonchev–Trinajstić information content (AvgIpc) is 2.52. The molecule has 5 nitrogen and oxygen atoms in total. The van der Waals surface area contributed by atoms with Crippen molar-refractivity contribution in [3.8, 4) is 5.88 Å². The fourth-order valence-electron chi connectivity index (χ4n) is 1.75. The molecule has 2 rings (SSSR count). The predicted octanol–water partition coefficient (Wildman–Crippen LogP) is 2.43. The quantitative estimate of drug-likeness (QED) is 0.942. The first-order valence-electron chi connectivity index (χ1n) is 6.22. The molecule has 2 aromatic heterocycles. The largest absolute Gasteiger partial charge is 0.481 e. The van der Waals surface area contributed by atoms with Gasteiger partial charge in [-0.05, 0) is 18.2 Å². The van der Waals surface area contributed by atoms with E-state index in [4.69, 9.17) is 4.74 Å². The van der Waals surface area contributed by atoms with Crippen LogP contribution in [-0.4, -0.2) is 23.0 Å². The monoisotopic (exact) mass is 311 g/mol. The van der Waals surface area contributed by atoms with Gasteiger partial charge in [-0.1, -0.05) is 6.07 Å². The smallest absolute Gasteiger partial charge is 0.434 e. The first-order chi connectivity index (χ1) is 10.4. The van der Waals surface area contributed by atoms with Gasteiger partial charge in [-0.25, -0.2) is 4.98 Å². The molecule has 0 spiro atoms. The van der Waals surface area contributed by atoms with E-state index in [9.17, 15) is 18.0 Å². The van der Waals surface area contributed by atoms with Crippen molar-refractivity contribution in [3.63, 3.8) is 0 Å². The van der Waals surface area contributed by atoms with Crippen LogP contribution in [0.3, 0.4) is 0 Å². The summed E-state index contributed by atoms with van der Waals surface area (Å²) in [6.07, 6.45) is -3.70. The van der Waals surface area contributed by atoms with Gasteiger partial charge in [0.05, 0.1) is 24.9 Å². The number of ether oxygens (including phenoxy) is 1. The molecule has 116 valence electrons. The summed E-state index contributed by atoms with van der Waals surface area (Å²) in [5.41, 5.74) is -1.28. The molecule has 1 amide bonds. The summed E-state index contributed by atoms with van der Waals surface area (Å²) in [5, 5.41) is 2.38. The molecule has 0 fully saturated rings. The molecule has 2 heterocycles. The lowest BCUT2D eigenvalue weighted by molar-refractivity contribution is -0.141. The molecule has 0 radical (unpaired) electrons. The average molecular weight is 311 g/mol. The highest BCUT2D eigenvalue weighted by Crippen LogP contribution is 2.29. The molecule has 0 saturated carbocycles. The van der Waals surface area contributed by atoms with E-state index in [1.807, 2.05) is 0 Å². The maximum absolute atomic E-state index is 12.8. The van der Waals surface area contributed by atoms with E-state index in [1.54, 1.807) is 18.2 Å². The Bertz CT molecular complexity index is 674. The van der Waals surface area contributed by atoms with Crippen molar-refractivity contribution in [1.29, 1.82) is 0 Å². The minimum atomic E-state index is -4.69. The van der Waals surface area contributed by atoms with Crippen LogP contribution >= 0.6 is 0 Å². The van der Waals surface area contributed by atoms with Crippen LogP contribution in [0.25, 0.3) is 0 Å². The maximum Gasteiger partial charge on any atom is 0.434 e. The number of amides is 1. The SMILES string of the molecule is COc1cccc(CNC(=O)c2cccnc2C(F)(F)F)n1. The first-order valence-corrected chi connectivity index (χ1v) is 6.22. The third-order valence-electron chi connectivity index (χ3n) is 2.74. The van der Waals surface area contributed by atoms with Crippen molar-refractivity contribution in [3.05, 3.63) is 53.5 Å². The van der Waals surface area contributed by atoms with Crippen LogP contribution in [0.2, 0.25) is 0 Å². The predicted molar refractivity (Wildman–Crippen MR) is 71.2 cm³/mol. The second kappa shape index (κ2) is 6.42. The lowest BCUT2D eigenvalue weighted by atomic mass is 10.1. The van der Waals surface area contributed by atoms with Crippen molar-refractivity contribution >= 4 is 5.91 Å². The van der Waals surface area contributed by atoms with Gasteiger partial charge in [0.2, 0.25) is 5.88 Å². The molecule has 1 N–H and O–H groups in total. The number of alkyl halides is 3. The lowest BCUT2D eigenvalue weighted by Gasteiger charge is -2.11. The number of carbonyl (C=O) groups excluding carboxylic acids is 1. The third-order valence-corrected chi connectivity index (χ3v) is 2.74. The Hall–Kier alpha value is -2.64. The number of methoxy groups -OCH3 is 1. The number of nitrogens with zero attached hydrogens (tertiary/aromatic N) is 2. The van der Waals surface area contributed by atoms with Gasteiger partial charge in [0, 0.05) is 12.3 Å². The zero-order chi connectivity index (χ0) is 16.2. The Labute approximate surface area is 124 Å². The molecule has 0 aliphatic heterocycles. The summed E-state index contributed by atoms with van der Waals surface area (Å²) in [6.45, 7) is -0.0256.